The molecular weight excluding hydrogens is 276 g/mol. The minimum atomic E-state index is -3.36. The van der Waals surface area contributed by atoms with Crippen LogP contribution in [0.5, 0.6) is 0 Å². The number of benzene rings is 1. The van der Waals surface area contributed by atoms with Crippen LogP contribution in [-0.2, 0) is 14.8 Å². The van der Waals surface area contributed by atoms with Crippen LogP contribution in [0.2, 0.25) is 0 Å². The van der Waals surface area contributed by atoms with Gasteiger partial charge in [0.2, 0.25) is 15.9 Å². The second-order valence-corrected chi connectivity index (χ2v) is 6.68. The highest BCUT2D eigenvalue weighted by Gasteiger charge is 2.36. The fourth-order valence-corrected chi connectivity index (χ4v) is 3.44. The molecule has 1 aromatic carbocycles. The third kappa shape index (κ3) is 3.18. The number of sulfonamides is 1. The van der Waals surface area contributed by atoms with Gasteiger partial charge in [-0.25, -0.2) is 8.42 Å². The molecule has 106 valence electrons. The average Bonchev–Trinajstić information content (AvgIpc) is 2.88. The van der Waals surface area contributed by atoms with Gasteiger partial charge in [-0.2, -0.15) is 4.31 Å². The summed E-state index contributed by atoms with van der Waals surface area (Å²) in [5.41, 5.74) is 1.24. The van der Waals surface area contributed by atoms with Crippen LogP contribution in [0.3, 0.4) is 0 Å². The quantitative estimate of drug-likeness (QED) is 0.846. The predicted molar refractivity (Wildman–Crippen MR) is 77.6 cm³/mol. The standard InChI is InChI=1S/C14H16N2O3S/c1-3-11-6-4-7-12(10-11)15-14(17)13-8-5-9-16(13)20(2,18)19/h1,4,6-7,10,13H,5,8-9H2,2H3,(H,15,17)/t13-/m1/s1. The molecule has 0 bridgehead atoms. The van der Waals surface area contributed by atoms with Crippen LogP contribution >= 0.6 is 0 Å². The molecule has 1 atom stereocenters. The van der Waals surface area contributed by atoms with Gasteiger partial charge in [0.1, 0.15) is 6.04 Å². The monoisotopic (exact) mass is 292 g/mol. The molecule has 2 rings (SSSR count). The first-order valence-electron chi connectivity index (χ1n) is 6.26. The Morgan fingerprint density at radius 1 is 1.50 bits per heavy atom. The molecule has 1 aliphatic rings. The van der Waals surface area contributed by atoms with Gasteiger partial charge in [0.15, 0.2) is 0 Å². The molecule has 5 nitrogen and oxygen atoms in total. The number of carbonyl (C=O) groups is 1. The normalized spacial score (nSPS) is 19.5. The van der Waals surface area contributed by atoms with Crippen LogP contribution in [-0.4, -0.2) is 37.5 Å². The molecule has 0 spiro atoms. The topological polar surface area (TPSA) is 66.5 Å². The molecule has 1 N–H and O–H groups in total. The number of rotatable bonds is 3. The van der Waals surface area contributed by atoms with Gasteiger partial charge in [-0.05, 0) is 31.0 Å². The molecule has 0 aliphatic carbocycles. The average molecular weight is 292 g/mol. The maximum Gasteiger partial charge on any atom is 0.242 e. The van der Waals surface area contributed by atoms with E-state index in [9.17, 15) is 13.2 Å². The Hall–Kier alpha value is -1.84. The van der Waals surface area contributed by atoms with Gasteiger partial charge in [-0.15, -0.1) is 6.42 Å². The van der Waals surface area contributed by atoms with Gasteiger partial charge in [0, 0.05) is 17.8 Å². The number of nitrogens with one attached hydrogen (secondary N) is 1. The maximum atomic E-state index is 12.2. The van der Waals surface area contributed by atoms with Crippen LogP contribution in [0.15, 0.2) is 24.3 Å². The molecule has 6 heteroatoms. The van der Waals surface area contributed by atoms with Crippen molar-refractivity contribution in [3.8, 4) is 12.3 Å². The van der Waals surface area contributed by atoms with Crippen LogP contribution in [0.4, 0.5) is 5.69 Å². The summed E-state index contributed by atoms with van der Waals surface area (Å²) in [4.78, 5) is 12.2. The molecule has 20 heavy (non-hydrogen) atoms. The zero-order chi connectivity index (χ0) is 14.8. The molecule has 1 saturated heterocycles. The molecular formula is C14H16N2O3S. The van der Waals surface area contributed by atoms with E-state index in [1.54, 1.807) is 24.3 Å². The van der Waals surface area contributed by atoms with E-state index in [2.05, 4.69) is 11.2 Å². The highest BCUT2D eigenvalue weighted by Crippen LogP contribution is 2.22. The van der Waals surface area contributed by atoms with Crippen molar-refractivity contribution in [3.05, 3.63) is 29.8 Å². The summed E-state index contributed by atoms with van der Waals surface area (Å²) in [6.45, 7) is 0.390. The zero-order valence-corrected chi connectivity index (χ0v) is 12.0. The highest BCUT2D eigenvalue weighted by molar-refractivity contribution is 7.88. The van der Waals surface area contributed by atoms with E-state index in [-0.39, 0.29) is 5.91 Å². The lowest BCUT2D eigenvalue weighted by Crippen LogP contribution is -2.42. The molecule has 0 saturated carbocycles. The molecule has 1 heterocycles. The summed E-state index contributed by atoms with van der Waals surface area (Å²) in [7, 11) is -3.36. The number of hydrogen-bond acceptors (Lipinski definition) is 3. The second kappa shape index (κ2) is 5.65. The van der Waals surface area contributed by atoms with Crippen molar-refractivity contribution in [2.45, 2.75) is 18.9 Å². The van der Waals surface area contributed by atoms with Crippen LogP contribution in [0, 0.1) is 12.3 Å². The summed E-state index contributed by atoms with van der Waals surface area (Å²) in [5, 5.41) is 2.72. The van der Waals surface area contributed by atoms with E-state index in [1.165, 1.54) is 4.31 Å². The smallest absolute Gasteiger partial charge is 0.242 e. The summed E-state index contributed by atoms with van der Waals surface area (Å²) in [6.07, 6.45) is 7.65. The van der Waals surface area contributed by atoms with Gasteiger partial charge in [-0.3, -0.25) is 4.79 Å². The van der Waals surface area contributed by atoms with Crippen molar-refractivity contribution in [1.29, 1.82) is 0 Å². The van der Waals surface area contributed by atoms with Crippen LogP contribution in [0.1, 0.15) is 18.4 Å². The Morgan fingerprint density at radius 2 is 2.25 bits per heavy atom. The zero-order valence-electron chi connectivity index (χ0n) is 11.2. The van der Waals surface area contributed by atoms with Crippen molar-refractivity contribution in [3.63, 3.8) is 0 Å². The summed E-state index contributed by atoms with van der Waals surface area (Å²) < 4.78 is 24.5. The molecule has 0 radical (unpaired) electrons. The van der Waals surface area contributed by atoms with E-state index < -0.39 is 16.1 Å². The Kier molecular flexibility index (Phi) is 4.12. The predicted octanol–water partition coefficient (Wildman–Crippen LogP) is 1.03. The van der Waals surface area contributed by atoms with E-state index in [1.807, 2.05) is 0 Å². The molecule has 1 aromatic rings. The summed E-state index contributed by atoms with van der Waals surface area (Å²) in [6, 6.07) is 6.26. The second-order valence-electron chi connectivity index (χ2n) is 4.75. The summed E-state index contributed by atoms with van der Waals surface area (Å²) in [5.74, 6) is 2.17. The number of anilines is 1. The Balaban J connectivity index is 2.14. The van der Waals surface area contributed by atoms with Crippen molar-refractivity contribution in [2.24, 2.45) is 0 Å². The third-order valence-electron chi connectivity index (χ3n) is 3.23. The number of carbonyl (C=O) groups excluding carboxylic acids is 1. The minimum Gasteiger partial charge on any atom is -0.325 e. The first kappa shape index (κ1) is 14.6. The van der Waals surface area contributed by atoms with E-state index >= 15 is 0 Å². The Bertz CT molecular complexity index is 661. The maximum absolute atomic E-state index is 12.2. The van der Waals surface area contributed by atoms with Crippen LogP contribution in [0.25, 0.3) is 0 Å². The number of nitrogens with zero attached hydrogens (tertiary/aromatic N) is 1. The van der Waals surface area contributed by atoms with Crippen molar-refractivity contribution < 1.29 is 13.2 Å². The highest BCUT2D eigenvalue weighted by atomic mass is 32.2. The molecule has 0 unspecified atom stereocenters. The van der Waals surface area contributed by atoms with E-state index in [4.69, 9.17) is 6.42 Å². The molecule has 0 aromatic heterocycles. The Morgan fingerprint density at radius 3 is 2.90 bits per heavy atom. The first-order valence-corrected chi connectivity index (χ1v) is 8.11. The molecule has 1 fully saturated rings. The minimum absolute atomic E-state index is 0.318. The molecule has 1 amide bonds. The SMILES string of the molecule is C#Cc1cccc(NC(=O)[C@H]2CCCN2S(C)(=O)=O)c1. The Labute approximate surface area is 119 Å². The van der Waals surface area contributed by atoms with Crippen molar-refractivity contribution in [2.75, 3.05) is 18.1 Å². The van der Waals surface area contributed by atoms with Gasteiger partial charge >= 0.3 is 0 Å². The fourth-order valence-electron chi connectivity index (χ4n) is 2.31. The fraction of sp³-hybridized carbons (Fsp3) is 0.357. The lowest BCUT2D eigenvalue weighted by Gasteiger charge is -2.21. The van der Waals surface area contributed by atoms with Crippen molar-refractivity contribution in [1.82, 2.24) is 4.31 Å². The van der Waals surface area contributed by atoms with Gasteiger partial charge < -0.3 is 5.32 Å². The lowest BCUT2D eigenvalue weighted by molar-refractivity contribution is -0.119. The number of amides is 1. The lowest BCUT2D eigenvalue weighted by atomic mass is 10.2. The van der Waals surface area contributed by atoms with Crippen molar-refractivity contribution >= 4 is 21.6 Å². The van der Waals surface area contributed by atoms with E-state index in [0.717, 1.165) is 6.26 Å². The number of hydrogen-bond donors (Lipinski definition) is 1. The van der Waals surface area contributed by atoms with Crippen LogP contribution < -0.4 is 5.32 Å². The number of terminal acetylenes is 1. The summed E-state index contributed by atoms with van der Waals surface area (Å²) >= 11 is 0. The van der Waals surface area contributed by atoms with Gasteiger partial charge in [-0.1, -0.05) is 12.0 Å². The third-order valence-corrected chi connectivity index (χ3v) is 4.52. The van der Waals surface area contributed by atoms with E-state index in [0.29, 0.717) is 30.6 Å². The molecule has 1 aliphatic heterocycles. The van der Waals surface area contributed by atoms with Gasteiger partial charge in [0.25, 0.3) is 0 Å². The largest absolute Gasteiger partial charge is 0.325 e. The van der Waals surface area contributed by atoms with Gasteiger partial charge in [0.05, 0.1) is 6.26 Å². The first-order chi connectivity index (χ1) is 9.41.